The predicted octanol–water partition coefficient (Wildman–Crippen LogP) is 3.89. The van der Waals surface area contributed by atoms with Gasteiger partial charge in [-0.2, -0.15) is 10.5 Å². The number of anilines is 1. The molecule has 2 aromatic carbocycles. The lowest BCUT2D eigenvalue weighted by atomic mass is 10.1. The van der Waals surface area contributed by atoms with Crippen LogP contribution >= 0.6 is 11.6 Å². The molecule has 92 valence electrons. The molecule has 0 saturated carbocycles. The molecule has 1 atom stereocenters. The van der Waals surface area contributed by atoms with E-state index in [1.54, 1.807) is 36.4 Å². The Morgan fingerprint density at radius 2 is 1.58 bits per heavy atom. The van der Waals surface area contributed by atoms with Gasteiger partial charge in [0.05, 0.1) is 17.7 Å². The third kappa shape index (κ3) is 3.25. The Labute approximate surface area is 116 Å². The standard InChI is InChI=1S/C15H10ClN3/c16-13-5-7-14(8-6-13)19-15(10-18)12-3-1-11(9-17)2-4-12/h1-8,15,19H. The van der Waals surface area contributed by atoms with Crippen LogP contribution in [-0.2, 0) is 0 Å². The van der Waals surface area contributed by atoms with Crippen molar-refractivity contribution in [1.29, 1.82) is 10.5 Å². The number of hydrogen-bond donors (Lipinski definition) is 1. The van der Waals surface area contributed by atoms with Crippen LogP contribution < -0.4 is 5.32 Å². The lowest BCUT2D eigenvalue weighted by Gasteiger charge is -2.13. The maximum atomic E-state index is 9.22. The Kier molecular flexibility index (Phi) is 4.03. The molecule has 0 aliphatic carbocycles. The fourth-order valence-corrected chi connectivity index (χ4v) is 1.78. The molecule has 2 rings (SSSR count). The monoisotopic (exact) mass is 267 g/mol. The van der Waals surface area contributed by atoms with Crippen molar-refractivity contribution in [3.63, 3.8) is 0 Å². The van der Waals surface area contributed by atoms with Crippen molar-refractivity contribution >= 4 is 17.3 Å². The summed E-state index contributed by atoms with van der Waals surface area (Å²) in [4.78, 5) is 0. The van der Waals surface area contributed by atoms with Crippen molar-refractivity contribution in [1.82, 2.24) is 0 Å². The lowest BCUT2D eigenvalue weighted by Crippen LogP contribution is -2.08. The summed E-state index contributed by atoms with van der Waals surface area (Å²) >= 11 is 5.81. The molecular formula is C15H10ClN3. The summed E-state index contributed by atoms with van der Waals surface area (Å²) < 4.78 is 0. The van der Waals surface area contributed by atoms with E-state index in [0.29, 0.717) is 10.6 Å². The quantitative estimate of drug-likeness (QED) is 0.918. The van der Waals surface area contributed by atoms with E-state index in [1.807, 2.05) is 18.2 Å². The number of nitrogens with zero attached hydrogens (tertiary/aromatic N) is 2. The van der Waals surface area contributed by atoms with Crippen LogP contribution in [0.1, 0.15) is 17.2 Å². The Bertz CT molecular complexity index is 633. The maximum absolute atomic E-state index is 9.22. The van der Waals surface area contributed by atoms with Gasteiger partial charge < -0.3 is 5.32 Å². The first-order valence-electron chi connectivity index (χ1n) is 5.64. The summed E-state index contributed by atoms with van der Waals surface area (Å²) in [6.45, 7) is 0. The first-order valence-corrected chi connectivity index (χ1v) is 6.02. The molecule has 0 fully saturated rings. The lowest BCUT2D eigenvalue weighted by molar-refractivity contribution is 0.997. The van der Waals surface area contributed by atoms with Crippen LogP contribution in [0, 0.1) is 22.7 Å². The molecular weight excluding hydrogens is 258 g/mol. The predicted molar refractivity (Wildman–Crippen MR) is 74.6 cm³/mol. The fraction of sp³-hybridized carbons (Fsp3) is 0.0667. The third-order valence-electron chi connectivity index (χ3n) is 2.66. The van der Waals surface area contributed by atoms with Gasteiger partial charge in [-0.05, 0) is 42.0 Å². The zero-order valence-electron chi connectivity index (χ0n) is 9.97. The summed E-state index contributed by atoms with van der Waals surface area (Å²) in [7, 11) is 0. The number of nitrogens with one attached hydrogen (secondary N) is 1. The van der Waals surface area contributed by atoms with Gasteiger partial charge in [-0.3, -0.25) is 0 Å². The van der Waals surface area contributed by atoms with Gasteiger partial charge in [0.1, 0.15) is 6.04 Å². The van der Waals surface area contributed by atoms with Gasteiger partial charge in [0.25, 0.3) is 0 Å². The number of halogens is 1. The summed E-state index contributed by atoms with van der Waals surface area (Å²) in [5.74, 6) is 0. The molecule has 3 nitrogen and oxygen atoms in total. The van der Waals surface area contributed by atoms with Crippen molar-refractivity contribution in [2.24, 2.45) is 0 Å². The normalized spacial score (nSPS) is 11.1. The summed E-state index contributed by atoms with van der Waals surface area (Å²) in [6, 6.07) is 17.9. The van der Waals surface area contributed by atoms with Gasteiger partial charge in [-0.25, -0.2) is 0 Å². The molecule has 0 bridgehead atoms. The van der Waals surface area contributed by atoms with E-state index in [4.69, 9.17) is 16.9 Å². The molecule has 0 aromatic heterocycles. The van der Waals surface area contributed by atoms with E-state index in [9.17, 15) is 5.26 Å². The zero-order valence-corrected chi connectivity index (χ0v) is 10.7. The summed E-state index contributed by atoms with van der Waals surface area (Å²) in [5, 5.41) is 21.7. The highest BCUT2D eigenvalue weighted by Crippen LogP contribution is 2.21. The van der Waals surface area contributed by atoms with Crippen LogP contribution in [0.25, 0.3) is 0 Å². The molecule has 1 N–H and O–H groups in total. The Hall–Kier alpha value is -2.49. The molecule has 0 radical (unpaired) electrons. The fourth-order valence-electron chi connectivity index (χ4n) is 1.65. The Morgan fingerprint density at radius 3 is 2.11 bits per heavy atom. The van der Waals surface area contributed by atoms with Gasteiger partial charge in [-0.15, -0.1) is 0 Å². The second-order valence-corrected chi connectivity index (χ2v) is 4.38. The van der Waals surface area contributed by atoms with Gasteiger partial charge in [0.2, 0.25) is 0 Å². The highest BCUT2D eigenvalue weighted by atomic mass is 35.5. The number of benzene rings is 2. The van der Waals surface area contributed by atoms with E-state index in [-0.39, 0.29) is 0 Å². The molecule has 0 saturated heterocycles. The van der Waals surface area contributed by atoms with E-state index < -0.39 is 6.04 Å². The minimum atomic E-state index is -0.464. The van der Waals surface area contributed by atoms with E-state index in [1.165, 1.54) is 0 Å². The van der Waals surface area contributed by atoms with E-state index in [0.717, 1.165) is 11.3 Å². The average molecular weight is 268 g/mol. The summed E-state index contributed by atoms with van der Waals surface area (Å²) in [6.07, 6.45) is 0. The number of hydrogen-bond acceptors (Lipinski definition) is 3. The van der Waals surface area contributed by atoms with Crippen LogP contribution in [0.4, 0.5) is 5.69 Å². The molecule has 4 heteroatoms. The minimum absolute atomic E-state index is 0.464. The van der Waals surface area contributed by atoms with Gasteiger partial charge in [0.15, 0.2) is 0 Å². The van der Waals surface area contributed by atoms with Crippen LogP contribution in [-0.4, -0.2) is 0 Å². The summed E-state index contributed by atoms with van der Waals surface area (Å²) in [5.41, 5.74) is 2.21. The third-order valence-corrected chi connectivity index (χ3v) is 2.91. The number of nitriles is 2. The molecule has 1 unspecified atom stereocenters. The maximum Gasteiger partial charge on any atom is 0.140 e. The van der Waals surface area contributed by atoms with Crippen molar-refractivity contribution in [3.05, 3.63) is 64.7 Å². The molecule has 0 spiro atoms. The Morgan fingerprint density at radius 1 is 0.947 bits per heavy atom. The first kappa shape index (κ1) is 13.0. The van der Waals surface area contributed by atoms with Crippen molar-refractivity contribution < 1.29 is 0 Å². The molecule has 19 heavy (non-hydrogen) atoms. The first-order chi connectivity index (χ1) is 9.22. The largest absolute Gasteiger partial charge is 0.366 e. The van der Waals surface area contributed by atoms with Crippen LogP contribution in [0.3, 0.4) is 0 Å². The zero-order chi connectivity index (χ0) is 13.7. The van der Waals surface area contributed by atoms with E-state index >= 15 is 0 Å². The van der Waals surface area contributed by atoms with Gasteiger partial charge in [-0.1, -0.05) is 23.7 Å². The van der Waals surface area contributed by atoms with Crippen molar-refractivity contribution in [2.45, 2.75) is 6.04 Å². The van der Waals surface area contributed by atoms with Crippen molar-refractivity contribution in [2.75, 3.05) is 5.32 Å². The smallest absolute Gasteiger partial charge is 0.140 e. The minimum Gasteiger partial charge on any atom is -0.366 e. The second-order valence-electron chi connectivity index (χ2n) is 3.95. The van der Waals surface area contributed by atoms with Gasteiger partial charge >= 0.3 is 0 Å². The molecule has 0 heterocycles. The van der Waals surface area contributed by atoms with Crippen molar-refractivity contribution in [3.8, 4) is 12.1 Å². The SMILES string of the molecule is N#Cc1ccc(C(C#N)Nc2ccc(Cl)cc2)cc1. The molecule has 2 aromatic rings. The van der Waals surface area contributed by atoms with Crippen LogP contribution in [0.2, 0.25) is 5.02 Å². The Balaban J connectivity index is 2.18. The highest BCUT2D eigenvalue weighted by molar-refractivity contribution is 6.30. The average Bonchev–Trinajstić information content (AvgIpc) is 2.47. The van der Waals surface area contributed by atoms with Crippen LogP contribution in [0.5, 0.6) is 0 Å². The molecule has 0 aliphatic rings. The van der Waals surface area contributed by atoms with Gasteiger partial charge in [0, 0.05) is 10.7 Å². The van der Waals surface area contributed by atoms with E-state index in [2.05, 4.69) is 11.4 Å². The number of rotatable bonds is 3. The molecule has 0 amide bonds. The second kappa shape index (κ2) is 5.91. The van der Waals surface area contributed by atoms with Crippen LogP contribution in [0.15, 0.2) is 48.5 Å². The molecule has 0 aliphatic heterocycles. The highest BCUT2D eigenvalue weighted by Gasteiger charge is 2.09. The topological polar surface area (TPSA) is 59.6 Å².